The average Bonchev–Trinajstić information content (AvgIpc) is 2.49. The summed E-state index contributed by atoms with van der Waals surface area (Å²) < 4.78 is 27.2. The van der Waals surface area contributed by atoms with Crippen LogP contribution in [0.2, 0.25) is 0 Å². The summed E-state index contributed by atoms with van der Waals surface area (Å²) >= 11 is 0. The zero-order valence-corrected chi connectivity index (χ0v) is 13.3. The molecule has 2 N–H and O–H groups in total. The largest absolute Gasteiger partial charge is 0.478 e. The van der Waals surface area contributed by atoms with Crippen molar-refractivity contribution in [2.75, 3.05) is 4.72 Å². The van der Waals surface area contributed by atoms with E-state index in [0.29, 0.717) is 5.56 Å². The molecular weight excluding hydrogens is 318 g/mol. The van der Waals surface area contributed by atoms with Crippen molar-refractivity contribution < 1.29 is 23.1 Å². The standard InChI is InChI=1S/C16H15NO5S/c1-10-6-7-13(16(19)20)9-15(10)17-23(21,22)14-5-3-4-12(8-14)11(2)18/h3-9,17H,1-2H3,(H,19,20). The molecule has 0 aliphatic heterocycles. The summed E-state index contributed by atoms with van der Waals surface area (Å²) in [6, 6.07) is 9.82. The molecule has 2 aromatic carbocycles. The Bertz CT molecular complexity index is 887. The van der Waals surface area contributed by atoms with Gasteiger partial charge in [0.2, 0.25) is 0 Å². The summed E-state index contributed by atoms with van der Waals surface area (Å²) in [5.74, 6) is -1.39. The molecule has 0 amide bonds. The van der Waals surface area contributed by atoms with Gasteiger partial charge in [0.1, 0.15) is 0 Å². The first-order chi connectivity index (χ1) is 10.7. The third-order valence-corrected chi connectivity index (χ3v) is 4.64. The second-order valence-electron chi connectivity index (χ2n) is 5.02. The lowest BCUT2D eigenvalue weighted by Gasteiger charge is -2.12. The van der Waals surface area contributed by atoms with Crippen molar-refractivity contribution in [3.05, 3.63) is 59.2 Å². The number of carboxylic acid groups (broad SMARTS) is 1. The molecule has 0 atom stereocenters. The lowest BCUT2D eigenvalue weighted by atomic mass is 10.1. The number of carbonyl (C=O) groups is 2. The van der Waals surface area contributed by atoms with Gasteiger partial charge in [-0.15, -0.1) is 0 Å². The third-order valence-electron chi connectivity index (χ3n) is 3.28. The number of aromatic carboxylic acids is 1. The smallest absolute Gasteiger partial charge is 0.335 e. The van der Waals surface area contributed by atoms with Crippen molar-refractivity contribution in [1.29, 1.82) is 0 Å². The maximum Gasteiger partial charge on any atom is 0.335 e. The Hall–Kier alpha value is -2.67. The molecule has 0 saturated carbocycles. The Morgan fingerprint density at radius 3 is 2.35 bits per heavy atom. The van der Waals surface area contributed by atoms with Crippen LogP contribution in [0.15, 0.2) is 47.4 Å². The number of benzene rings is 2. The number of nitrogens with one attached hydrogen (secondary N) is 1. The van der Waals surface area contributed by atoms with E-state index in [9.17, 15) is 18.0 Å². The molecule has 0 radical (unpaired) electrons. The van der Waals surface area contributed by atoms with Gasteiger partial charge in [-0.25, -0.2) is 13.2 Å². The first kappa shape index (κ1) is 16.7. The first-order valence-corrected chi connectivity index (χ1v) is 8.17. The van der Waals surface area contributed by atoms with Crippen LogP contribution in [0.4, 0.5) is 5.69 Å². The molecule has 23 heavy (non-hydrogen) atoms. The number of aryl methyl sites for hydroxylation is 1. The molecule has 0 aliphatic carbocycles. The first-order valence-electron chi connectivity index (χ1n) is 6.68. The van der Waals surface area contributed by atoms with E-state index in [1.807, 2.05) is 0 Å². The van der Waals surface area contributed by atoms with E-state index >= 15 is 0 Å². The third kappa shape index (κ3) is 3.75. The zero-order chi connectivity index (χ0) is 17.2. The number of sulfonamides is 1. The maximum atomic E-state index is 12.4. The highest BCUT2D eigenvalue weighted by Crippen LogP contribution is 2.22. The second kappa shape index (κ2) is 6.21. The van der Waals surface area contributed by atoms with Crippen molar-refractivity contribution in [2.45, 2.75) is 18.7 Å². The van der Waals surface area contributed by atoms with Crippen molar-refractivity contribution in [3.63, 3.8) is 0 Å². The number of Topliss-reactive ketones (excluding diaryl/α,β-unsaturated/α-hetero) is 1. The van der Waals surface area contributed by atoms with Gasteiger partial charge in [0, 0.05) is 5.56 Å². The Balaban J connectivity index is 2.42. The molecule has 2 aromatic rings. The molecule has 2 rings (SSSR count). The van der Waals surface area contributed by atoms with Gasteiger partial charge in [-0.05, 0) is 43.7 Å². The topological polar surface area (TPSA) is 101 Å². The van der Waals surface area contributed by atoms with Crippen LogP contribution in [0.25, 0.3) is 0 Å². The average molecular weight is 333 g/mol. The highest BCUT2D eigenvalue weighted by molar-refractivity contribution is 7.92. The molecule has 120 valence electrons. The molecular formula is C16H15NO5S. The number of rotatable bonds is 5. The van der Waals surface area contributed by atoms with E-state index in [0.717, 1.165) is 0 Å². The molecule has 0 spiro atoms. The van der Waals surface area contributed by atoms with E-state index in [-0.39, 0.29) is 27.5 Å². The van der Waals surface area contributed by atoms with Crippen LogP contribution in [0.3, 0.4) is 0 Å². The zero-order valence-electron chi connectivity index (χ0n) is 12.5. The van der Waals surface area contributed by atoms with Gasteiger partial charge in [-0.1, -0.05) is 18.2 Å². The molecule has 6 nitrogen and oxygen atoms in total. The van der Waals surface area contributed by atoms with Crippen LogP contribution in [0.5, 0.6) is 0 Å². The number of hydrogen-bond acceptors (Lipinski definition) is 4. The van der Waals surface area contributed by atoms with Crippen LogP contribution in [-0.4, -0.2) is 25.3 Å². The number of hydrogen-bond donors (Lipinski definition) is 2. The molecule has 0 fully saturated rings. The van der Waals surface area contributed by atoms with Crippen molar-refractivity contribution in [1.82, 2.24) is 0 Å². The number of carboxylic acids is 1. The van der Waals surface area contributed by atoms with Crippen molar-refractivity contribution in [3.8, 4) is 0 Å². The van der Waals surface area contributed by atoms with Gasteiger partial charge in [-0.2, -0.15) is 0 Å². The van der Waals surface area contributed by atoms with E-state index < -0.39 is 16.0 Å². The predicted molar refractivity (Wildman–Crippen MR) is 85.4 cm³/mol. The van der Waals surface area contributed by atoms with Crippen LogP contribution in [0, 0.1) is 6.92 Å². The summed E-state index contributed by atoms with van der Waals surface area (Å²) in [5, 5.41) is 9.00. The van der Waals surface area contributed by atoms with E-state index in [4.69, 9.17) is 5.11 Å². The normalized spacial score (nSPS) is 11.0. The Morgan fingerprint density at radius 1 is 1.04 bits per heavy atom. The molecule has 0 unspecified atom stereocenters. The van der Waals surface area contributed by atoms with E-state index in [1.165, 1.54) is 49.4 Å². The SMILES string of the molecule is CC(=O)c1cccc(S(=O)(=O)Nc2cc(C(=O)O)ccc2C)c1. The van der Waals surface area contributed by atoms with E-state index in [2.05, 4.69) is 4.72 Å². The number of ketones is 1. The minimum Gasteiger partial charge on any atom is -0.478 e. The minimum atomic E-state index is -3.93. The van der Waals surface area contributed by atoms with Gasteiger partial charge in [-0.3, -0.25) is 9.52 Å². The minimum absolute atomic E-state index is 0.0224. The fourth-order valence-corrected chi connectivity index (χ4v) is 3.12. The van der Waals surface area contributed by atoms with E-state index in [1.54, 1.807) is 6.92 Å². The predicted octanol–water partition coefficient (Wildman–Crippen LogP) is 2.70. The van der Waals surface area contributed by atoms with Crippen LogP contribution >= 0.6 is 0 Å². The van der Waals surface area contributed by atoms with Crippen molar-refractivity contribution in [2.24, 2.45) is 0 Å². The number of anilines is 1. The van der Waals surface area contributed by atoms with Gasteiger partial charge in [0.05, 0.1) is 16.1 Å². The summed E-state index contributed by atoms with van der Waals surface area (Å²) in [5.41, 5.74) is 1.02. The van der Waals surface area contributed by atoms with Crippen LogP contribution in [0.1, 0.15) is 33.2 Å². The van der Waals surface area contributed by atoms with Gasteiger partial charge in [0.25, 0.3) is 10.0 Å². The lowest BCUT2D eigenvalue weighted by Crippen LogP contribution is -2.15. The second-order valence-corrected chi connectivity index (χ2v) is 6.71. The fourth-order valence-electron chi connectivity index (χ4n) is 1.95. The summed E-state index contributed by atoms with van der Waals surface area (Å²) in [6.45, 7) is 3.01. The number of carbonyl (C=O) groups excluding carboxylic acids is 1. The molecule has 0 aromatic heterocycles. The lowest BCUT2D eigenvalue weighted by molar-refractivity contribution is 0.0696. The monoisotopic (exact) mass is 333 g/mol. The quantitative estimate of drug-likeness (QED) is 0.819. The molecule has 7 heteroatoms. The summed E-state index contributed by atoms with van der Waals surface area (Å²) in [6.07, 6.45) is 0. The van der Waals surface area contributed by atoms with Gasteiger partial charge < -0.3 is 5.11 Å². The maximum absolute atomic E-state index is 12.4. The molecule has 0 aliphatic rings. The van der Waals surface area contributed by atoms with Crippen molar-refractivity contribution >= 4 is 27.5 Å². The summed E-state index contributed by atoms with van der Waals surface area (Å²) in [4.78, 5) is 22.3. The molecule has 0 saturated heterocycles. The Labute approximate surface area is 133 Å². The van der Waals surface area contributed by atoms with Gasteiger partial charge in [0.15, 0.2) is 5.78 Å². The van der Waals surface area contributed by atoms with Crippen LogP contribution in [-0.2, 0) is 10.0 Å². The molecule has 0 heterocycles. The van der Waals surface area contributed by atoms with Gasteiger partial charge >= 0.3 is 5.97 Å². The molecule has 0 bridgehead atoms. The highest BCUT2D eigenvalue weighted by atomic mass is 32.2. The van der Waals surface area contributed by atoms with Crippen LogP contribution < -0.4 is 4.72 Å². The summed E-state index contributed by atoms with van der Waals surface area (Å²) in [7, 11) is -3.93. The highest BCUT2D eigenvalue weighted by Gasteiger charge is 2.17. The Kier molecular flexibility index (Phi) is 4.51. The fraction of sp³-hybridized carbons (Fsp3) is 0.125. The Morgan fingerprint density at radius 2 is 1.74 bits per heavy atom.